The first kappa shape index (κ1) is 15.3. The summed E-state index contributed by atoms with van der Waals surface area (Å²) in [6.07, 6.45) is -0.235. The number of nitrogens with zero attached hydrogens (tertiary/aromatic N) is 1. The third kappa shape index (κ3) is 4.21. The largest absolute Gasteiger partial charge is 0.444 e. The highest BCUT2D eigenvalue weighted by molar-refractivity contribution is 9.10. The Morgan fingerprint density at radius 1 is 1.35 bits per heavy atom. The van der Waals surface area contributed by atoms with Gasteiger partial charge in [-0.25, -0.2) is 4.79 Å². The van der Waals surface area contributed by atoms with Crippen LogP contribution >= 0.6 is 15.9 Å². The van der Waals surface area contributed by atoms with Crippen molar-refractivity contribution >= 4 is 22.0 Å². The Morgan fingerprint density at radius 2 is 2.00 bits per heavy atom. The van der Waals surface area contributed by atoms with Crippen LogP contribution in [-0.2, 0) is 4.74 Å². The molecule has 1 fully saturated rings. The summed E-state index contributed by atoms with van der Waals surface area (Å²) in [6, 6.07) is 8.33. The van der Waals surface area contributed by atoms with Gasteiger partial charge in [0.1, 0.15) is 5.60 Å². The Hall–Kier alpha value is -1.07. The topological polar surface area (TPSA) is 41.6 Å². The molecule has 1 N–H and O–H groups in total. The maximum absolute atomic E-state index is 12.1. The Labute approximate surface area is 128 Å². The lowest BCUT2D eigenvalue weighted by Gasteiger charge is -2.35. The Morgan fingerprint density at radius 3 is 2.60 bits per heavy atom. The molecule has 1 unspecified atom stereocenters. The predicted octanol–water partition coefficient (Wildman–Crippen LogP) is 3.33. The first-order valence-corrected chi connectivity index (χ1v) is 7.61. The van der Waals surface area contributed by atoms with E-state index in [9.17, 15) is 4.79 Å². The first-order chi connectivity index (χ1) is 9.35. The van der Waals surface area contributed by atoms with Crippen LogP contribution in [0.5, 0.6) is 0 Å². The fourth-order valence-corrected chi connectivity index (χ4v) is 2.42. The van der Waals surface area contributed by atoms with Gasteiger partial charge in [0.15, 0.2) is 0 Å². The summed E-state index contributed by atoms with van der Waals surface area (Å²) >= 11 is 3.43. The molecule has 110 valence electrons. The van der Waals surface area contributed by atoms with E-state index < -0.39 is 5.60 Å². The van der Waals surface area contributed by atoms with Gasteiger partial charge in [0.25, 0.3) is 0 Å². The minimum absolute atomic E-state index is 0.157. The van der Waals surface area contributed by atoms with E-state index >= 15 is 0 Å². The maximum atomic E-state index is 12.1. The van der Waals surface area contributed by atoms with E-state index in [1.807, 2.05) is 32.9 Å². The highest BCUT2D eigenvalue weighted by Crippen LogP contribution is 2.21. The van der Waals surface area contributed by atoms with Gasteiger partial charge in [0, 0.05) is 24.1 Å². The molecule has 0 aliphatic carbocycles. The molecule has 5 heteroatoms. The van der Waals surface area contributed by atoms with Crippen molar-refractivity contribution < 1.29 is 9.53 Å². The summed E-state index contributed by atoms with van der Waals surface area (Å²) in [5, 5.41) is 3.44. The molecule has 0 saturated carbocycles. The predicted molar refractivity (Wildman–Crippen MR) is 82.7 cm³/mol. The number of benzene rings is 1. The van der Waals surface area contributed by atoms with Crippen LogP contribution < -0.4 is 5.32 Å². The molecular formula is C15H21BrN2O2. The van der Waals surface area contributed by atoms with Crippen molar-refractivity contribution in [3.63, 3.8) is 0 Å². The van der Waals surface area contributed by atoms with Crippen molar-refractivity contribution in [1.29, 1.82) is 0 Å². The average molecular weight is 341 g/mol. The highest BCUT2D eigenvalue weighted by atomic mass is 79.9. The zero-order valence-electron chi connectivity index (χ0n) is 12.1. The molecule has 1 aromatic rings. The van der Waals surface area contributed by atoms with Gasteiger partial charge in [0.05, 0.1) is 6.04 Å². The average Bonchev–Trinajstić information content (AvgIpc) is 2.38. The molecule has 0 aromatic heterocycles. The molecule has 4 nitrogen and oxygen atoms in total. The number of carbonyl (C=O) groups excluding carboxylic acids is 1. The highest BCUT2D eigenvalue weighted by Gasteiger charge is 2.27. The number of rotatable bonds is 1. The van der Waals surface area contributed by atoms with E-state index in [-0.39, 0.29) is 12.1 Å². The van der Waals surface area contributed by atoms with Crippen molar-refractivity contribution in [3.05, 3.63) is 34.3 Å². The van der Waals surface area contributed by atoms with Gasteiger partial charge in [-0.2, -0.15) is 0 Å². The quantitative estimate of drug-likeness (QED) is 0.852. The van der Waals surface area contributed by atoms with Crippen LogP contribution in [0.15, 0.2) is 28.7 Å². The van der Waals surface area contributed by atoms with E-state index in [4.69, 9.17) is 4.74 Å². The number of carbonyl (C=O) groups is 1. The van der Waals surface area contributed by atoms with Crippen LogP contribution in [-0.4, -0.2) is 36.2 Å². The molecule has 2 rings (SSSR count). The smallest absolute Gasteiger partial charge is 0.410 e. The fraction of sp³-hybridized carbons (Fsp3) is 0.533. The van der Waals surface area contributed by atoms with Gasteiger partial charge in [0.2, 0.25) is 0 Å². The molecule has 20 heavy (non-hydrogen) atoms. The number of nitrogens with one attached hydrogen (secondary N) is 1. The van der Waals surface area contributed by atoms with E-state index in [1.54, 1.807) is 4.90 Å². The molecule has 0 bridgehead atoms. The maximum Gasteiger partial charge on any atom is 0.410 e. The lowest BCUT2D eigenvalue weighted by molar-refractivity contribution is 0.0195. The molecule has 1 aliphatic heterocycles. The number of piperazine rings is 1. The van der Waals surface area contributed by atoms with Gasteiger partial charge in [-0.1, -0.05) is 28.1 Å². The third-order valence-corrected chi connectivity index (χ3v) is 3.63. The first-order valence-electron chi connectivity index (χ1n) is 6.82. The van der Waals surface area contributed by atoms with E-state index in [0.717, 1.165) is 11.0 Å². The van der Waals surface area contributed by atoms with Crippen molar-refractivity contribution in [1.82, 2.24) is 10.2 Å². The van der Waals surface area contributed by atoms with Gasteiger partial charge >= 0.3 is 6.09 Å². The van der Waals surface area contributed by atoms with E-state index in [2.05, 4.69) is 33.4 Å². The normalized spacial score (nSPS) is 19.8. The number of halogens is 1. The molecule has 1 amide bonds. The summed E-state index contributed by atoms with van der Waals surface area (Å²) in [5.41, 5.74) is 0.733. The molecular weight excluding hydrogens is 320 g/mol. The van der Waals surface area contributed by atoms with Gasteiger partial charge in [-0.3, -0.25) is 0 Å². The molecule has 1 aromatic carbocycles. The number of hydrogen-bond donors (Lipinski definition) is 1. The third-order valence-electron chi connectivity index (χ3n) is 3.10. The molecule has 1 aliphatic rings. The van der Waals surface area contributed by atoms with Crippen LogP contribution in [0.25, 0.3) is 0 Å². The van der Waals surface area contributed by atoms with Crippen LogP contribution in [0.4, 0.5) is 4.79 Å². The van der Waals surface area contributed by atoms with Gasteiger partial charge < -0.3 is 15.0 Å². The van der Waals surface area contributed by atoms with Crippen LogP contribution in [0.3, 0.4) is 0 Å². The minimum atomic E-state index is -0.449. The zero-order valence-corrected chi connectivity index (χ0v) is 13.7. The second-order valence-corrected chi connectivity index (χ2v) is 6.90. The summed E-state index contributed by atoms with van der Waals surface area (Å²) in [7, 11) is 0. The summed E-state index contributed by atoms with van der Waals surface area (Å²) in [6.45, 7) is 7.76. The molecule has 1 heterocycles. The number of hydrogen-bond acceptors (Lipinski definition) is 3. The van der Waals surface area contributed by atoms with Crippen LogP contribution in [0, 0.1) is 0 Å². The van der Waals surface area contributed by atoms with Crippen LogP contribution in [0.2, 0.25) is 0 Å². The van der Waals surface area contributed by atoms with E-state index in [0.29, 0.717) is 13.1 Å². The Balaban J connectivity index is 2.01. The molecule has 0 spiro atoms. The second kappa shape index (κ2) is 6.14. The lowest BCUT2D eigenvalue weighted by atomic mass is 10.1. The summed E-state index contributed by atoms with van der Waals surface area (Å²) in [4.78, 5) is 13.9. The monoisotopic (exact) mass is 340 g/mol. The zero-order chi connectivity index (χ0) is 14.8. The van der Waals surface area contributed by atoms with Crippen molar-refractivity contribution in [2.24, 2.45) is 0 Å². The standard InChI is InChI=1S/C15H21BrN2O2/c1-15(2,3)20-14(19)18-9-8-17-13(10-18)11-4-6-12(16)7-5-11/h4-7,13,17H,8-10H2,1-3H3. The summed E-state index contributed by atoms with van der Waals surface area (Å²) < 4.78 is 6.49. The van der Waals surface area contributed by atoms with Crippen LogP contribution in [0.1, 0.15) is 32.4 Å². The lowest BCUT2D eigenvalue weighted by Crippen LogP contribution is -2.49. The van der Waals surface area contributed by atoms with Crippen molar-refractivity contribution in [2.45, 2.75) is 32.4 Å². The van der Waals surface area contributed by atoms with E-state index in [1.165, 1.54) is 5.56 Å². The van der Waals surface area contributed by atoms with Gasteiger partial charge in [-0.15, -0.1) is 0 Å². The Bertz CT molecular complexity index is 468. The van der Waals surface area contributed by atoms with Crippen molar-refractivity contribution in [3.8, 4) is 0 Å². The van der Waals surface area contributed by atoms with Gasteiger partial charge in [-0.05, 0) is 38.5 Å². The second-order valence-electron chi connectivity index (χ2n) is 5.98. The SMILES string of the molecule is CC(C)(C)OC(=O)N1CCNC(c2ccc(Br)cc2)C1. The molecule has 1 saturated heterocycles. The summed E-state index contributed by atoms with van der Waals surface area (Å²) in [5.74, 6) is 0. The van der Waals surface area contributed by atoms with Crippen molar-refractivity contribution in [2.75, 3.05) is 19.6 Å². The number of amides is 1. The Kier molecular flexibility index (Phi) is 4.70. The fourth-order valence-electron chi connectivity index (χ4n) is 2.16. The number of ether oxygens (including phenoxy) is 1. The minimum Gasteiger partial charge on any atom is -0.444 e. The molecule has 0 radical (unpaired) electrons. The molecule has 1 atom stereocenters.